The molecule has 1 aliphatic heterocycles. The van der Waals surface area contributed by atoms with E-state index >= 15 is 0 Å². The number of benzene rings is 2. The van der Waals surface area contributed by atoms with Gasteiger partial charge in [-0.3, -0.25) is 0 Å². The van der Waals surface area contributed by atoms with E-state index in [0.29, 0.717) is 27.8 Å². The fourth-order valence-electron chi connectivity index (χ4n) is 6.32. The predicted molar refractivity (Wildman–Crippen MR) is 154 cm³/mol. The van der Waals surface area contributed by atoms with Crippen molar-refractivity contribution >= 4 is 77.9 Å². The molecule has 4 aromatic rings. The van der Waals surface area contributed by atoms with Crippen molar-refractivity contribution in [3.05, 3.63) is 92.6 Å². The molecule has 0 fully saturated rings. The van der Waals surface area contributed by atoms with Gasteiger partial charge in [-0.1, -0.05) is 0 Å². The number of anilines is 3. The molecule has 0 bridgehead atoms. The van der Waals surface area contributed by atoms with E-state index in [1.807, 2.05) is 6.08 Å². The third-order valence-corrected chi connectivity index (χ3v) is 16.9. The molecule has 0 saturated carbocycles. The van der Waals surface area contributed by atoms with E-state index in [2.05, 4.69) is 93.3 Å². The van der Waals surface area contributed by atoms with Crippen LogP contribution in [-0.2, 0) is 0 Å². The Morgan fingerprint density at radius 3 is 1.83 bits per heavy atom. The maximum absolute atomic E-state index is 12.8. The van der Waals surface area contributed by atoms with Crippen molar-refractivity contribution in [3.8, 4) is 0 Å². The molecule has 3 nitrogen and oxygen atoms in total. The number of thiophene rings is 1. The summed E-state index contributed by atoms with van der Waals surface area (Å²) in [7, 11) is -2.04. The van der Waals surface area contributed by atoms with Crippen LogP contribution in [0.1, 0.15) is 52.8 Å². The number of nitrogens with zero attached hydrogens (tertiary/aromatic N) is 1. The number of fused-ring (bicyclic) bond motifs is 3. The average molecular weight is 573 g/mol. The summed E-state index contributed by atoms with van der Waals surface area (Å²) in [6, 6.07) is 22.2. The molecule has 180 valence electrons. The van der Waals surface area contributed by atoms with Crippen molar-refractivity contribution in [1.29, 1.82) is 0 Å². The van der Waals surface area contributed by atoms with Gasteiger partial charge in [-0.2, -0.15) is 0 Å². The molecule has 0 saturated heterocycles. The van der Waals surface area contributed by atoms with Gasteiger partial charge in [0.05, 0.1) is 0 Å². The molecule has 1 aliphatic carbocycles. The van der Waals surface area contributed by atoms with Crippen LogP contribution >= 0.6 is 11.3 Å². The van der Waals surface area contributed by atoms with Gasteiger partial charge in [0, 0.05) is 0 Å². The number of rotatable bonds is 4. The van der Waals surface area contributed by atoms with E-state index in [-0.39, 0.29) is 26.1 Å². The van der Waals surface area contributed by atoms with Crippen molar-refractivity contribution in [1.82, 2.24) is 0 Å². The summed E-state index contributed by atoms with van der Waals surface area (Å²) in [6.07, 6.45) is 1.84. The molecule has 2 aliphatic rings. The van der Waals surface area contributed by atoms with Crippen molar-refractivity contribution in [2.45, 2.75) is 38.8 Å². The van der Waals surface area contributed by atoms with Crippen LogP contribution in [0.5, 0.6) is 0 Å². The molecule has 3 heterocycles. The molecule has 0 N–H and O–H groups in total. The minimum atomic E-state index is -2.04. The van der Waals surface area contributed by atoms with E-state index in [1.165, 1.54) is 37.6 Å². The van der Waals surface area contributed by atoms with E-state index in [9.17, 15) is 9.59 Å². The van der Waals surface area contributed by atoms with Gasteiger partial charge in [0.15, 0.2) is 0 Å². The fourth-order valence-corrected chi connectivity index (χ4v) is 15.3. The Hall–Kier alpha value is -2.76. The summed E-state index contributed by atoms with van der Waals surface area (Å²) >= 11 is 1.38. The zero-order chi connectivity index (χ0) is 25.2. The van der Waals surface area contributed by atoms with Gasteiger partial charge < -0.3 is 0 Å². The number of carbonyl (C=O) groups excluding carboxylic acids is 2. The summed E-state index contributed by atoms with van der Waals surface area (Å²) in [6.45, 7) is 9.59. The molecule has 2 aromatic carbocycles. The molecule has 0 amide bonds. The molecule has 6 rings (SSSR count). The summed E-state index contributed by atoms with van der Waals surface area (Å²) in [5.41, 5.74) is 5.11. The van der Waals surface area contributed by atoms with Crippen molar-refractivity contribution in [3.63, 3.8) is 0 Å². The first-order valence-corrected chi connectivity index (χ1v) is 17.1. The van der Waals surface area contributed by atoms with Gasteiger partial charge in [0.1, 0.15) is 0 Å². The number of hydrogen-bond acceptors (Lipinski definition) is 4. The fraction of sp³-hybridized carbons (Fsp3) is 0.200. The van der Waals surface area contributed by atoms with Gasteiger partial charge in [0.2, 0.25) is 0 Å². The first-order valence-electron chi connectivity index (χ1n) is 12.3. The Bertz CT molecular complexity index is 1470. The van der Waals surface area contributed by atoms with Gasteiger partial charge in [-0.05, 0) is 0 Å². The third-order valence-electron chi connectivity index (χ3n) is 7.76. The molecule has 0 spiro atoms. The van der Waals surface area contributed by atoms with Crippen LogP contribution in [0.2, 0.25) is 11.1 Å². The molecule has 0 atom stereocenters. The van der Waals surface area contributed by atoms with Gasteiger partial charge >= 0.3 is 224 Å². The van der Waals surface area contributed by atoms with Crippen LogP contribution in [0, 0.1) is 0 Å². The summed E-state index contributed by atoms with van der Waals surface area (Å²) in [5, 5.41) is 6.58. The van der Waals surface area contributed by atoms with Crippen molar-refractivity contribution < 1.29 is 9.59 Å². The average Bonchev–Trinajstić information content (AvgIpc) is 3.58. The SMILES string of the molecule is CC(C)[Si]1(C(C)C)c2ccccc2N(c2ccc(C=C3C(=O)c4cscc4C3=O)[se]2)c2ccccc21. The van der Waals surface area contributed by atoms with Crippen molar-refractivity contribution in [2.24, 2.45) is 0 Å². The van der Waals surface area contributed by atoms with E-state index < -0.39 is 8.07 Å². The molecular weight excluding hydrogens is 545 g/mol. The number of allylic oxidation sites excluding steroid dienone is 1. The van der Waals surface area contributed by atoms with Gasteiger partial charge in [0.25, 0.3) is 0 Å². The molecule has 0 radical (unpaired) electrons. The second-order valence-corrected chi connectivity index (χ2v) is 18.3. The van der Waals surface area contributed by atoms with Gasteiger partial charge in [-0.15, -0.1) is 0 Å². The zero-order valence-electron chi connectivity index (χ0n) is 20.7. The van der Waals surface area contributed by atoms with Crippen LogP contribution in [0.4, 0.5) is 15.9 Å². The standard InChI is InChI=1S/C30H27NO2SSeSi/c1-18(2)36(19(3)4)26-11-7-5-9-24(26)31(25-10-6-8-12-27(25)36)28-14-13-20(35-28)15-21-29(32)22-16-34-17-23(22)30(21)33/h5-19H,1-4H3. The van der Waals surface area contributed by atoms with Crippen LogP contribution < -0.4 is 15.3 Å². The quantitative estimate of drug-likeness (QED) is 0.161. The van der Waals surface area contributed by atoms with Gasteiger partial charge in [-0.25, -0.2) is 0 Å². The number of ketones is 2. The molecule has 6 heteroatoms. The van der Waals surface area contributed by atoms with Crippen LogP contribution in [0.3, 0.4) is 0 Å². The number of para-hydroxylation sites is 2. The zero-order valence-corrected chi connectivity index (χ0v) is 24.3. The second-order valence-electron chi connectivity index (χ2n) is 10.1. The summed E-state index contributed by atoms with van der Waals surface area (Å²) in [5.74, 6) is -0.278. The minimum absolute atomic E-state index is 0.0276. The summed E-state index contributed by atoms with van der Waals surface area (Å²) in [4.78, 5) is 28.1. The number of hydrogen-bond donors (Lipinski definition) is 0. The van der Waals surface area contributed by atoms with Crippen LogP contribution in [-0.4, -0.2) is 34.1 Å². The Morgan fingerprint density at radius 1 is 0.778 bits per heavy atom. The first-order chi connectivity index (χ1) is 17.4. The Kier molecular flexibility index (Phi) is 5.69. The van der Waals surface area contributed by atoms with E-state index in [0.717, 1.165) is 4.44 Å². The van der Waals surface area contributed by atoms with Crippen LogP contribution in [0.25, 0.3) is 6.08 Å². The third kappa shape index (κ3) is 3.22. The second kappa shape index (κ2) is 8.67. The normalized spacial score (nSPS) is 15.9. The predicted octanol–water partition coefficient (Wildman–Crippen LogP) is 6.43. The topological polar surface area (TPSA) is 37.4 Å². The molecular formula is C30H27NO2SSeSi. The summed E-state index contributed by atoms with van der Waals surface area (Å²) < 4.78 is 2.29. The van der Waals surface area contributed by atoms with Crippen LogP contribution in [0.15, 0.2) is 77.0 Å². The Labute approximate surface area is 222 Å². The molecule has 36 heavy (non-hydrogen) atoms. The number of Topliss-reactive ketones (excluding diaryl/α,β-unsaturated/α-hetero) is 2. The Balaban J connectivity index is 1.49. The molecule has 0 unspecified atom stereocenters. The maximum atomic E-state index is 12.8. The van der Waals surface area contributed by atoms with E-state index in [4.69, 9.17) is 0 Å². The Morgan fingerprint density at radius 2 is 1.31 bits per heavy atom. The monoisotopic (exact) mass is 573 g/mol. The first kappa shape index (κ1) is 23.6. The van der Waals surface area contributed by atoms with Crippen molar-refractivity contribution in [2.75, 3.05) is 4.90 Å². The molecule has 2 aromatic heterocycles. The number of carbonyl (C=O) groups is 2. The van der Waals surface area contributed by atoms with E-state index in [1.54, 1.807) is 10.8 Å².